The molecule has 18 heavy (non-hydrogen) atoms. The van der Waals surface area contributed by atoms with Crippen molar-refractivity contribution in [2.45, 2.75) is 37.7 Å². The van der Waals surface area contributed by atoms with Crippen LogP contribution >= 0.6 is 0 Å². The molecular weight excluding hydrogens is 243 g/mol. The number of rotatable bonds is 3. The molecule has 0 aromatic heterocycles. The second-order valence-electron chi connectivity index (χ2n) is 4.94. The van der Waals surface area contributed by atoms with Gasteiger partial charge < -0.3 is 5.11 Å². The van der Waals surface area contributed by atoms with Crippen molar-refractivity contribution in [1.29, 1.82) is 0 Å². The Morgan fingerprint density at radius 3 is 2.33 bits per heavy atom. The first-order valence-electron chi connectivity index (χ1n) is 5.85. The van der Waals surface area contributed by atoms with E-state index in [4.69, 9.17) is 0 Å². The van der Waals surface area contributed by atoms with Crippen molar-refractivity contribution in [3.8, 4) is 0 Å². The lowest BCUT2D eigenvalue weighted by Gasteiger charge is -2.27. The Morgan fingerprint density at radius 1 is 1.28 bits per heavy atom. The van der Waals surface area contributed by atoms with Crippen LogP contribution in [-0.4, -0.2) is 34.4 Å². The molecule has 0 aliphatic carbocycles. The fraction of sp³-hybridized carbons (Fsp3) is 0.538. The van der Waals surface area contributed by atoms with Gasteiger partial charge in [-0.25, -0.2) is 0 Å². The zero-order valence-corrected chi connectivity index (χ0v) is 10.3. The van der Waals surface area contributed by atoms with E-state index in [1.54, 1.807) is 4.90 Å². The smallest absolute Gasteiger partial charge is 0.379 e. The van der Waals surface area contributed by atoms with Gasteiger partial charge in [-0.2, -0.15) is 13.2 Å². The molecule has 1 aliphatic heterocycles. The molecule has 2 rings (SSSR count). The average molecular weight is 259 g/mol. The van der Waals surface area contributed by atoms with Crippen molar-refractivity contribution in [1.82, 2.24) is 4.90 Å². The number of alkyl halides is 3. The normalized spacial score (nSPS) is 28.6. The van der Waals surface area contributed by atoms with Gasteiger partial charge in [0.05, 0.1) is 6.04 Å². The van der Waals surface area contributed by atoms with Gasteiger partial charge in [-0.1, -0.05) is 30.3 Å². The van der Waals surface area contributed by atoms with Gasteiger partial charge in [-0.3, -0.25) is 4.90 Å². The summed E-state index contributed by atoms with van der Waals surface area (Å²) in [6.45, 7) is 2.96. The molecule has 1 fully saturated rings. The molecule has 0 saturated carbocycles. The molecule has 2 nitrogen and oxygen atoms in total. The van der Waals surface area contributed by atoms with E-state index in [1.807, 2.05) is 37.3 Å². The molecule has 1 aromatic rings. The number of hydrogen-bond donors (Lipinski definition) is 1. The van der Waals surface area contributed by atoms with Crippen LogP contribution in [0.3, 0.4) is 0 Å². The highest BCUT2D eigenvalue weighted by Crippen LogP contribution is 2.44. The second kappa shape index (κ2) is 4.24. The maximum atomic E-state index is 12.7. The molecule has 0 spiro atoms. The molecule has 1 aromatic carbocycles. The predicted octanol–water partition coefficient (Wildman–Crippen LogP) is 2.75. The van der Waals surface area contributed by atoms with Crippen molar-refractivity contribution in [3.63, 3.8) is 0 Å². The van der Waals surface area contributed by atoms with Crippen molar-refractivity contribution in [3.05, 3.63) is 35.9 Å². The quantitative estimate of drug-likeness (QED) is 0.844. The number of hydrogen-bond acceptors (Lipinski definition) is 2. The summed E-state index contributed by atoms with van der Waals surface area (Å²) in [5, 5.41) is 9.59. The molecular formula is C13H16F3NO. The molecule has 0 bridgehead atoms. The van der Waals surface area contributed by atoms with E-state index in [2.05, 4.69) is 0 Å². The molecule has 1 N–H and O–H groups in total. The maximum Gasteiger partial charge on any atom is 0.418 e. The molecule has 5 heteroatoms. The highest BCUT2D eigenvalue weighted by atomic mass is 19.4. The zero-order valence-electron chi connectivity index (χ0n) is 10.3. The third-order valence-electron chi connectivity index (χ3n) is 3.65. The highest BCUT2D eigenvalue weighted by Gasteiger charge is 2.63. The van der Waals surface area contributed by atoms with Gasteiger partial charge >= 0.3 is 6.18 Å². The van der Waals surface area contributed by atoms with Gasteiger partial charge in [0, 0.05) is 12.6 Å². The van der Waals surface area contributed by atoms with E-state index in [1.165, 1.54) is 0 Å². The van der Waals surface area contributed by atoms with Gasteiger partial charge in [0.15, 0.2) is 5.60 Å². The van der Waals surface area contributed by atoms with Crippen LogP contribution in [0.15, 0.2) is 30.3 Å². The Kier molecular flexibility index (Phi) is 3.15. The van der Waals surface area contributed by atoms with Crippen LogP contribution in [0.5, 0.6) is 0 Å². The molecule has 1 saturated heterocycles. The third kappa shape index (κ3) is 2.24. The van der Waals surface area contributed by atoms with E-state index in [0.717, 1.165) is 12.5 Å². The summed E-state index contributed by atoms with van der Waals surface area (Å²) in [6.07, 6.45) is -4.59. The Labute approximate surface area is 104 Å². The molecule has 1 aliphatic rings. The summed E-state index contributed by atoms with van der Waals surface area (Å²) in [6, 6.07) is 8.35. The first-order valence-corrected chi connectivity index (χ1v) is 5.85. The summed E-state index contributed by atoms with van der Waals surface area (Å²) in [7, 11) is 0. The number of halogens is 3. The summed E-state index contributed by atoms with van der Waals surface area (Å²) in [4.78, 5) is 1.66. The first-order chi connectivity index (χ1) is 8.25. The molecule has 100 valence electrons. The molecule has 1 heterocycles. The van der Waals surface area contributed by atoms with Gasteiger partial charge in [0.25, 0.3) is 0 Å². The number of aliphatic hydroxyl groups is 1. The predicted molar refractivity (Wildman–Crippen MR) is 62.0 cm³/mol. The SMILES string of the molecule is C[C@@H](c1ccccc1)N1CC1C(C)(O)C(F)(F)F. The average Bonchev–Trinajstić information content (AvgIpc) is 3.08. The second-order valence-corrected chi connectivity index (χ2v) is 4.94. The zero-order chi connectivity index (χ0) is 13.6. The monoisotopic (exact) mass is 259 g/mol. The van der Waals surface area contributed by atoms with Gasteiger partial charge in [-0.15, -0.1) is 0 Å². The van der Waals surface area contributed by atoms with Crippen LogP contribution in [-0.2, 0) is 0 Å². The van der Waals surface area contributed by atoms with E-state index >= 15 is 0 Å². The Morgan fingerprint density at radius 2 is 1.83 bits per heavy atom. The summed E-state index contributed by atoms with van der Waals surface area (Å²) < 4.78 is 38.1. The van der Waals surface area contributed by atoms with Crippen LogP contribution in [0, 0.1) is 0 Å². The fourth-order valence-corrected chi connectivity index (χ4v) is 2.19. The Balaban J connectivity index is 2.08. The highest BCUT2D eigenvalue weighted by molar-refractivity contribution is 5.21. The summed E-state index contributed by atoms with van der Waals surface area (Å²) >= 11 is 0. The minimum absolute atomic E-state index is 0.120. The van der Waals surface area contributed by atoms with Gasteiger partial charge in [0.2, 0.25) is 0 Å². The van der Waals surface area contributed by atoms with Crippen LogP contribution in [0.2, 0.25) is 0 Å². The van der Waals surface area contributed by atoms with Crippen LogP contribution in [0.25, 0.3) is 0 Å². The standard InChI is InChI=1S/C13H16F3NO/c1-9(10-6-4-3-5-7-10)17-8-11(17)12(2,18)13(14,15)16/h3-7,9,11,18H,8H2,1-2H3/t9-,11?,12?,17?/m0/s1. The van der Waals surface area contributed by atoms with Crippen LogP contribution in [0.4, 0.5) is 13.2 Å². The van der Waals surface area contributed by atoms with Gasteiger partial charge in [0.1, 0.15) is 0 Å². The third-order valence-corrected chi connectivity index (χ3v) is 3.65. The Bertz CT molecular complexity index is 416. The van der Waals surface area contributed by atoms with Crippen LogP contribution < -0.4 is 0 Å². The van der Waals surface area contributed by atoms with Gasteiger partial charge in [-0.05, 0) is 19.4 Å². The van der Waals surface area contributed by atoms with Crippen molar-refractivity contribution >= 4 is 0 Å². The Hall–Kier alpha value is -1.07. The molecule has 0 radical (unpaired) electrons. The van der Waals surface area contributed by atoms with E-state index in [-0.39, 0.29) is 12.6 Å². The molecule has 0 amide bonds. The lowest BCUT2D eigenvalue weighted by molar-refractivity contribution is -0.255. The molecule has 3 unspecified atom stereocenters. The minimum Gasteiger partial charge on any atom is -0.379 e. The van der Waals surface area contributed by atoms with Crippen LogP contribution in [0.1, 0.15) is 25.5 Å². The number of benzene rings is 1. The van der Waals surface area contributed by atoms with E-state index in [0.29, 0.717) is 0 Å². The van der Waals surface area contributed by atoms with E-state index < -0.39 is 17.8 Å². The van der Waals surface area contributed by atoms with Crippen molar-refractivity contribution in [2.75, 3.05) is 6.54 Å². The summed E-state index contributed by atoms with van der Waals surface area (Å²) in [5.74, 6) is 0. The van der Waals surface area contributed by atoms with Crippen molar-refractivity contribution in [2.24, 2.45) is 0 Å². The lowest BCUT2D eigenvalue weighted by Crippen LogP contribution is -2.48. The fourth-order valence-electron chi connectivity index (χ4n) is 2.19. The topological polar surface area (TPSA) is 23.2 Å². The number of nitrogens with zero attached hydrogens (tertiary/aromatic N) is 1. The van der Waals surface area contributed by atoms with E-state index in [9.17, 15) is 18.3 Å². The minimum atomic E-state index is -4.59. The largest absolute Gasteiger partial charge is 0.418 e. The lowest BCUT2D eigenvalue weighted by atomic mass is 10.0. The summed E-state index contributed by atoms with van der Waals surface area (Å²) in [5.41, 5.74) is -1.69. The molecule has 4 atom stereocenters. The van der Waals surface area contributed by atoms with Crippen molar-refractivity contribution < 1.29 is 18.3 Å². The maximum absolute atomic E-state index is 12.7. The first kappa shape index (κ1) is 13.4.